The second kappa shape index (κ2) is 10.0. The molecule has 0 saturated heterocycles. The number of sulfonamides is 2. The molecule has 0 spiro atoms. The number of carbonyl (C=O) groups excluding carboxylic acids is 2. The van der Waals surface area contributed by atoms with E-state index in [9.17, 15) is 26.4 Å². The van der Waals surface area contributed by atoms with Gasteiger partial charge >= 0.3 is 6.09 Å². The molecule has 2 bridgehead atoms. The molecule has 41 heavy (non-hydrogen) atoms. The number of hydrogen-bond donors (Lipinski definition) is 3. The third-order valence-electron chi connectivity index (χ3n) is 8.78. The molecule has 0 radical (unpaired) electrons. The zero-order chi connectivity index (χ0) is 29.3. The number of amidine groups is 1. The number of hydrogen-bond acceptors (Lipinski definition) is 8. The Hall–Kier alpha value is -3.13. The van der Waals surface area contributed by atoms with E-state index in [1.54, 1.807) is 13.8 Å². The molecule has 3 fully saturated rings. The normalized spacial score (nSPS) is 28.7. The quantitative estimate of drug-likeness (QED) is 0.445. The standard InChI is InChI=1S/C27H35N5O7S2/c1-14(2)28-27(34)39-24-21-15-8-9-16(12-15)23(21)32(18-6-4-5-7-18)26(33)22(24)25-29-19-11-10-17(30-40(3,35)36)13-20(19)41(37,38)31-25/h10-11,13-16,18,21,23,30H,4-9,12H2,1-3H3,(H,28,34)(H,29,31)/t15-,16+,21+,23-/m0/s1. The van der Waals surface area contributed by atoms with E-state index in [0.29, 0.717) is 5.92 Å². The predicted octanol–water partition coefficient (Wildman–Crippen LogP) is 3.16. The summed E-state index contributed by atoms with van der Waals surface area (Å²) >= 11 is 0. The molecular formula is C27H35N5O7S2. The summed E-state index contributed by atoms with van der Waals surface area (Å²) in [4.78, 5) is 29.1. The number of anilines is 2. The topological polar surface area (TPSA) is 163 Å². The summed E-state index contributed by atoms with van der Waals surface area (Å²) in [7, 11) is -8.00. The average molecular weight is 606 g/mol. The number of fused-ring (bicyclic) bond motifs is 6. The fraction of sp³-hybridized carbons (Fsp3) is 0.593. The van der Waals surface area contributed by atoms with Crippen molar-refractivity contribution in [1.82, 2.24) is 10.2 Å². The molecule has 222 valence electrons. The van der Waals surface area contributed by atoms with Crippen molar-refractivity contribution in [3.05, 3.63) is 29.5 Å². The van der Waals surface area contributed by atoms with Crippen molar-refractivity contribution in [2.75, 3.05) is 16.3 Å². The van der Waals surface area contributed by atoms with Gasteiger partial charge in [0.15, 0.2) is 5.84 Å². The summed E-state index contributed by atoms with van der Waals surface area (Å²) in [6.07, 6.45) is 6.93. The highest BCUT2D eigenvalue weighted by molar-refractivity contribution is 7.92. The van der Waals surface area contributed by atoms with Gasteiger partial charge in [0.05, 0.1) is 11.9 Å². The molecule has 5 aliphatic rings. The molecule has 2 amide bonds. The van der Waals surface area contributed by atoms with Crippen molar-refractivity contribution >= 4 is 49.3 Å². The van der Waals surface area contributed by atoms with Gasteiger partial charge in [-0.05, 0) is 76.0 Å². The molecule has 12 nitrogen and oxygen atoms in total. The van der Waals surface area contributed by atoms with Gasteiger partial charge in [0, 0.05) is 29.7 Å². The zero-order valence-corrected chi connectivity index (χ0v) is 24.8. The molecule has 2 heterocycles. The summed E-state index contributed by atoms with van der Waals surface area (Å²) in [6.45, 7) is 3.60. The molecule has 0 aromatic heterocycles. The Kier molecular flexibility index (Phi) is 6.83. The van der Waals surface area contributed by atoms with Crippen molar-refractivity contribution in [2.24, 2.45) is 22.2 Å². The molecule has 3 aliphatic carbocycles. The summed E-state index contributed by atoms with van der Waals surface area (Å²) in [5.74, 6) is -0.123. The SMILES string of the molecule is CC(C)NC(=O)OC1=C(C2=NS(=O)(=O)c3cc(NS(C)(=O)=O)ccc3N2)C(=O)N(C2CCCC2)[C@H]2[C@@H]3CC[C@@H](C3)[C@@H]12. The van der Waals surface area contributed by atoms with E-state index in [-0.39, 0.29) is 69.3 Å². The number of benzene rings is 1. The Balaban J connectivity index is 1.48. The number of carbonyl (C=O) groups is 2. The Bertz CT molecular complexity index is 1580. The summed E-state index contributed by atoms with van der Waals surface area (Å²) < 4.78 is 62.5. The van der Waals surface area contributed by atoms with Crippen LogP contribution < -0.4 is 15.4 Å². The molecule has 1 aromatic carbocycles. The number of amides is 2. The number of nitrogens with one attached hydrogen (secondary N) is 3. The first kappa shape index (κ1) is 28.0. The summed E-state index contributed by atoms with van der Waals surface area (Å²) in [6, 6.07) is 3.75. The largest absolute Gasteiger partial charge is 0.413 e. The minimum atomic E-state index is -4.35. The Morgan fingerprint density at radius 2 is 1.85 bits per heavy atom. The molecule has 3 N–H and O–H groups in total. The molecule has 6 rings (SSSR count). The van der Waals surface area contributed by atoms with Gasteiger partial charge < -0.3 is 20.3 Å². The fourth-order valence-electron chi connectivity index (χ4n) is 7.41. The van der Waals surface area contributed by atoms with Crippen LogP contribution in [0.1, 0.15) is 58.8 Å². The number of nitrogens with zero attached hydrogens (tertiary/aromatic N) is 2. The monoisotopic (exact) mass is 605 g/mol. The van der Waals surface area contributed by atoms with Crippen LogP contribution in [0, 0.1) is 17.8 Å². The molecule has 3 saturated carbocycles. The first-order valence-electron chi connectivity index (χ1n) is 14.1. The van der Waals surface area contributed by atoms with Crippen LogP contribution in [0.4, 0.5) is 16.2 Å². The summed E-state index contributed by atoms with van der Waals surface area (Å²) in [5.41, 5.74) is 0.176. The van der Waals surface area contributed by atoms with Crippen molar-refractivity contribution < 1.29 is 31.2 Å². The van der Waals surface area contributed by atoms with Gasteiger partial charge in [0.1, 0.15) is 16.2 Å². The van der Waals surface area contributed by atoms with Crippen LogP contribution in [0.2, 0.25) is 0 Å². The zero-order valence-electron chi connectivity index (χ0n) is 23.2. The van der Waals surface area contributed by atoms with Crippen LogP contribution in [0.3, 0.4) is 0 Å². The summed E-state index contributed by atoms with van der Waals surface area (Å²) in [5, 5.41) is 5.72. The highest BCUT2D eigenvalue weighted by atomic mass is 32.2. The van der Waals surface area contributed by atoms with Gasteiger partial charge in [-0.15, -0.1) is 4.40 Å². The van der Waals surface area contributed by atoms with Crippen LogP contribution in [0.15, 0.2) is 38.8 Å². The van der Waals surface area contributed by atoms with E-state index in [1.165, 1.54) is 18.2 Å². The molecular weight excluding hydrogens is 570 g/mol. The van der Waals surface area contributed by atoms with Crippen LogP contribution >= 0.6 is 0 Å². The molecule has 14 heteroatoms. The van der Waals surface area contributed by atoms with Gasteiger partial charge in [-0.1, -0.05) is 12.8 Å². The number of alkyl carbamates (subject to hydrolysis) is 1. The maximum atomic E-state index is 14.4. The van der Waals surface area contributed by atoms with E-state index in [0.717, 1.165) is 51.2 Å². The molecule has 1 aromatic rings. The van der Waals surface area contributed by atoms with Gasteiger partial charge in [-0.2, -0.15) is 8.42 Å². The molecule has 4 atom stereocenters. The highest BCUT2D eigenvalue weighted by Crippen LogP contribution is 2.57. The average Bonchev–Trinajstić information content (AvgIpc) is 3.61. The molecule has 0 unspecified atom stereocenters. The lowest BCUT2D eigenvalue weighted by Crippen LogP contribution is -2.58. The second-order valence-electron chi connectivity index (χ2n) is 12.1. The fourth-order valence-corrected chi connectivity index (χ4v) is 9.11. The molecule has 2 aliphatic heterocycles. The lowest BCUT2D eigenvalue weighted by atomic mass is 9.77. The lowest BCUT2D eigenvalue weighted by molar-refractivity contribution is -0.136. The van der Waals surface area contributed by atoms with E-state index < -0.39 is 26.1 Å². The predicted molar refractivity (Wildman–Crippen MR) is 152 cm³/mol. The maximum Gasteiger partial charge on any atom is 0.412 e. The first-order chi connectivity index (χ1) is 19.3. The third-order valence-corrected chi connectivity index (χ3v) is 10.7. The van der Waals surface area contributed by atoms with E-state index in [4.69, 9.17) is 4.74 Å². The van der Waals surface area contributed by atoms with Gasteiger partial charge in [0.25, 0.3) is 15.9 Å². The van der Waals surface area contributed by atoms with Crippen LogP contribution in [0.25, 0.3) is 0 Å². The Morgan fingerprint density at radius 3 is 2.54 bits per heavy atom. The van der Waals surface area contributed by atoms with E-state index in [1.807, 2.05) is 4.90 Å². The maximum absolute atomic E-state index is 14.4. The van der Waals surface area contributed by atoms with Gasteiger partial charge in [0.2, 0.25) is 10.0 Å². The van der Waals surface area contributed by atoms with Crippen molar-refractivity contribution in [1.29, 1.82) is 0 Å². The number of ether oxygens (including phenoxy) is 1. The van der Waals surface area contributed by atoms with Crippen LogP contribution in [0.5, 0.6) is 0 Å². The lowest BCUT2D eigenvalue weighted by Gasteiger charge is -2.47. The minimum absolute atomic E-state index is 0.0304. The van der Waals surface area contributed by atoms with Crippen molar-refractivity contribution in [3.63, 3.8) is 0 Å². The van der Waals surface area contributed by atoms with E-state index >= 15 is 0 Å². The minimum Gasteiger partial charge on any atom is -0.413 e. The van der Waals surface area contributed by atoms with Crippen LogP contribution in [-0.2, 0) is 29.6 Å². The third kappa shape index (κ3) is 5.09. The Morgan fingerprint density at radius 1 is 1.15 bits per heavy atom. The van der Waals surface area contributed by atoms with E-state index in [2.05, 4.69) is 19.8 Å². The number of rotatable bonds is 6. The van der Waals surface area contributed by atoms with Crippen molar-refractivity contribution in [3.8, 4) is 0 Å². The van der Waals surface area contributed by atoms with Crippen molar-refractivity contribution in [2.45, 2.75) is 81.8 Å². The highest BCUT2D eigenvalue weighted by Gasteiger charge is 2.59. The van der Waals surface area contributed by atoms with Gasteiger partial charge in [-0.3, -0.25) is 9.52 Å². The first-order valence-corrected chi connectivity index (χ1v) is 17.4. The smallest absolute Gasteiger partial charge is 0.412 e. The Labute approximate surface area is 240 Å². The second-order valence-corrected chi connectivity index (χ2v) is 15.4. The van der Waals surface area contributed by atoms with Gasteiger partial charge in [-0.25, -0.2) is 13.2 Å². The van der Waals surface area contributed by atoms with Crippen LogP contribution in [-0.4, -0.2) is 64.0 Å².